The number of hydrogen-bond acceptors (Lipinski definition) is 4. The summed E-state index contributed by atoms with van der Waals surface area (Å²) in [6.45, 7) is 9.56. The number of fused-ring (bicyclic) bond motifs is 1. The Balaban J connectivity index is 1.45. The molecule has 1 saturated heterocycles. The molecule has 1 aromatic carbocycles. The van der Waals surface area contributed by atoms with Gasteiger partial charge in [0, 0.05) is 46.5 Å². The number of aromatic nitrogens is 3. The summed E-state index contributed by atoms with van der Waals surface area (Å²) in [7, 11) is 0. The highest BCUT2D eigenvalue weighted by atomic mass is 35.5. The number of H-pyrrole nitrogens is 1. The van der Waals surface area contributed by atoms with E-state index in [0.29, 0.717) is 29.4 Å². The van der Waals surface area contributed by atoms with Crippen molar-refractivity contribution in [1.82, 2.24) is 20.1 Å². The van der Waals surface area contributed by atoms with E-state index < -0.39 is 23.4 Å². The van der Waals surface area contributed by atoms with Gasteiger partial charge in [0.25, 0.3) is 0 Å². The summed E-state index contributed by atoms with van der Waals surface area (Å²) in [6.07, 6.45) is -0.689. The van der Waals surface area contributed by atoms with Crippen molar-refractivity contribution >= 4 is 28.2 Å². The van der Waals surface area contributed by atoms with Gasteiger partial charge in [-0.1, -0.05) is 32.0 Å². The second-order valence-electron chi connectivity index (χ2n) is 9.19. The van der Waals surface area contributed by atoms with E-state index in [1.54, 1.807) is 12.3 Å². The predicted molar refractivity (Wildman–Crippen MR) is 122 cm³/mol. The number of alkyl halides is 3. The summed E-state index contributed by atoms with van der Waals surface area (Å²) < 4.78 is 38.3. The van der Waals surface area contributed by atoms with Crippen molar-refractivity contribution in [1.29, 1.82) is 0 Å². The molecule has 33 heavy (non-hydrogen) atoms. The van der Waals surface area contributed by atoms with E-state index >= 15 is 0 Å². The number of rotatable bonds is 5. The molecule has 0 saturated carbocycles. The van der Waals surface area contributed by atoms with Crippen LogP contribution < -0.4 is 0 Å². The molecule has 0 spiro atoms. The molecule has 176 valence electrons. The molecular formula is C24H26ClF3N4O. The Bertz CT molecular complexity index is 1150. The van der Waals surface area contributed by atoms with Gasteiger partial charge in [-0.05, 0) is 48.4 Å². The fourth-order valence-electron chi connectivity index (χ4n) is 4.70. The number of likely N-dealkylation sites (tertiary alicyclic amines) is 1. The van der Waals surface area contributed by atoms with Crippen LogP contribution in [0.3, 0.4) is 0 Å². The van der Waals surface area contributed by atoms with Crippen LogP contribution in [0.4, 0.5) is 13.2 Å². The third-order valence-corrected chi connectivity index (χ3v) is 7.08. The molecule has 0 bridgehead atoms. The normalized spacial score (nSPS) is 16.9. The molecule has 2 aromatic heterocycles. The second-order valence-corrected chi connectivity index (χ2v) is 9.63. The van der Waals surface area contributed by atoms with Gasteiger partial charge in [0.2, 0.25) is 0 Å². The van der Waals surface area contributed by atoms with Crippen molar-refractivity contribution in [3.05, 3.63) is 65.1 Å². The third-order valence-electron chi connectivity index (χ3n) is 6.86. The number of halogens is 4. The molecule has 1 aliphatic heterocycles. The van der Waals surface area contributed by atoms with Crippen LogP contribution >= 0.6 is 11.6 Å². The zero-order valence-electron chi connectivity index (χ0n) is 18.5. The van der Waals surface area contributed by atoms with Crippen molar-refractivity contribution in [2.24, 2.45) is 11.3 Å². The van der Waals surface area contributed by atoms with Gasteiger partial charge in [-0.15, -0.1) is 0 Å². The number of pyridine rings is 1. The number of benzene rings is 1. The number of nitrogens with zero attached hydrogens (tertiary/aromatic N) is 3. The van der Waals surface area contributed by atoms with Crippen LogP contribution in [0.15, 0.2) is 43.2 Å². The highest BCUT2D eigenvalue weighted by molar-refractivity contribution is 6.31. The Kier molecular flexibility index (Phi) is 6.18. The van der Waals surface area contributed by atoms with Crippen LogP contribution in [-0.2, 0) is 6.18 Å². The SMILES string of the molecule is C=C(c1ccc(C(F)(F)F)nc1)N1CCC(C(C)(C)[C@H](O)c2cc(Cl)cc3cn[nH]c23)CC1. The number of nitrogens with one attached hydrogen (secondary N) is 1. The fraction of sp³-hybridized carbons (Fsp3) is 0.417. The first kappa shape index (κ1) is 23.6. The Labute approximate surface area is 195 Å². The van der Waals surface area contributed by atoms with Crippen molar-refractivity contribution in [2.75, 3.05) is 13.1 Å². The first-order valence-electron chi connectivity index (χ1n) is 10.8. The highest BCUT2D eigenvalue weighted by Crippen LogP contribution is 2.46. The van der Waals surface area contributed by atoms with Crippen LogP contribution in [0.1, 0.15) is 49.6 Å². The third kappa shape index (κ3) is 4.59. The number of piperidine rings is 1. The second kappa shape index (κ2) is 8.65. The van der Waals surface area contributed by atoms with Gasteiger partial charge in [-0.2, -0.15) is 18.3 Å². The summed E-state index contributed by atoms with van der Waals surface area (Å²) >= 11 is 6.27. The molecule has 1 fully saturated rings. The van der Waals surface area contributed by atoms with Gasteiger partial charge in [-0.3, -0.25) is 10.1 Å². The van der Waals surface area contributed by atoms with Crippen molar-refractivity contribution < 1.29 is 18.3 Å². The van der Waals surface area contributed by atoms with E-state index in [1.807, 2.05) is 6.07 Å². The molecular weight excluding hydrogens is 453 g/mol. The van der Waals surface area contributed by atoms with Crippen LogP contribution in [0.2, 0.25) is 5.02 Å². The summed E-state index contributed by atoms with van der Waals surface area (Å²) in [4.78, 5) is 5.61. The summed E-state index contributed by atoms with van der Waals surface area (Å²) in [5.41, 5.74) is 1.37. The largest absolute Gasteiger partial charge is 0.433 e. The monoisotopic (exact) mass is 478 g/mol. The average Bonchev–Trinajstić information content (AvgIpc) is 3.25. The lowest BCUT2D eigenvalue weighted by atomic mass is 9.68. The molecule has 1 atom stereocenters. The maximum atomic E-state index is 12.8. The van der Waals surface area contributed by atoms with E-state index in [-0.39, 0.29) is 5.92 Å². The topological polar surface area (TPSA) is 65.0 Å². The van der Waals surface area contributed by atoms with Crippen LogP contribution in [-0.4, -0.2) is 38.3 Å². The minimum absolute atomic E-state index is 0.222. The predicted octanol–water partition coefficient (Wildman–Crippen LogP) is 6.07. The molecule has 4 rings (SSSR count). The zero-order chi connectivity index (χ0) is 24.0. The maximum absolute atomic E-state index is 12.8. The van der Waals surface area contributed by atoms with Crippen LogP contribution in [0, 0.1) is 11.3 Å². The average molecular weight is 479 g/mol. The smallest absolute Gasteiger partial charge is 0.388 e. The van der Waals surface area contributed by atoms with Gasteiger partial charge < -0.3 is 10.0 Å². The lowest BCUT2D eigenvalue weighted by Gasteiger charge is -2.44. The standard InChI is InChI=1S/C24H26ClF3N4O/c1-14(15-4-5-20(29-12-15)24(26,27)28)32-8-6-17(7-9-32)23(2,3)22(33)19-11-18(25)10-16-13-30-31-21(16)19/h4-5,10-13,17,22,33H,1,6-9H2,2-3H3,(H,30,31)/t22-/m1/s1. The van der Waals surface area contributed by atoms with Crippen molar-refractivity contribution in [3.8, 4) is 0 Å². The highest BCUT2D eigenvalue weighted by Gasteiger charge is 2.40. The number of aliphatic hydroxyl groups excluding tert-OH is 1. The van der Waals surface area contributed by atoms with E-state index in [4.69, 9.17) is 11.6 Å². The molecule has 1 aliphatic rings. The maximum Gasteiger partial charge on any atom is 0.433 e. The van der Waals surface area contributed by atoms with Crippen LogP contribution in [0.25, 0.3) is 16.6 Å². The summed E-state index contributed by atoms with van der Waals surface area (Å²) in [5.74, 6) is 0.222. The molecule has 0 amide bonds. The van der Waals surface area contributed by atoms with Crippen molar-refractivity contribution in [2.45, 2.75) is 39.0 Å². The van der Waals surface area contributed by atoms with Gasteiger partial charge in [0.05, 0.1) is 17.8 Å². The minimum atomic E-state index is -4.46. The molecule has 3 aromatic rings. The van der Waals surface area contributed by atoms with Crippen molar-refractivity contribution in [3.63, 3.8) is 0 Å². The first-order chi connectivity index (χ1) is 15.5. The number of aromatic amines is 1. The Morgan fingerprint density at radius 3 is 2.52 bits per heavy atom. The number of hydrogen-bond donors (Lipinski definition) is 2. The fourth-order valence-corrected chi connectivity index (χ4v) is 4.93. The van der Waals surface area contributed by atoms with Gasteiger partial charge >= 0.3 is 6.18 Å². The summed E-state index contributed by atoms with van der Waals surface area (Å²) in [5, 5.41) is 19.8. The van der Waals surface area contributed by atoms with Gasteiger partial charge in [-0.25, -0.2) is 0 Å². The van der Waals surface area contributed by atoms with E-state index in [2.05, 4.69) is 40.5 Å². The molecule has 9 heteroatoms. The summed E-state index contributed by atoms with van der Waals surface area (Å²) in [6, 6.07) is 5.98. The molecule has 2 N–H and O–H groups in total. The van der Waals surface area contributed by atoms with Gasteiger partial charge in [0.1, 0.15) is 5.69 Å². The van der Waals surface area contributed by atoms with Gasteiger partial charge in [0.15, 0.2) is 0 Å². The number of aliphatic hydroxyl groups is 1. The van der Waals surface area contributed by atoms with E-state index in [9.17, 15) is 18.3 Å². The molecule has 0 unspecified atom stereocenters. The Morgan fingerprint density at radius 2 is 1.91 bits per heavy atom. The Morgan fingerprint density at radius 1 is 1.21 bits per heavy atom. The lowest BCUT2D eigenvalue weighted by molar-refractivity contribution is -0.141. The molecule has 3 heterocycles. The van der Waals surface area contributed by atoms with Crippen LogP contribution in [0.5, 0.6) is 0 Å². The Hall–Kier alpha value is -2.58. The molecule has 0 aliphatic carbocycles. The lowest BCUT2D eigenvalue weighted by Crippen LogP contribution is -2.40. The molecule has 5 nitrogen and oxygen atoms in total. The minimum Gasteiger partial charge on any atom is -0.388 e. The van der Waals surface area contributed by atoms with E-state index in [0.717, 1.165) is 35.4 Å². The van der Waals surface area contributed by atoms with E-state index in [1.165, 1.54) is 12.3 Å². The zero-order valence-corrected chi connectivity index (χ0v) is 19.2. The quantitative estimate of drug-likeness (QED) is 0.467. The first-order valence-corrected chi connectivity index (χ1v) is 11.1. The molecule has 0 radical (unpaired) electrons.